The van der Waals surface area contributed by atoms with Crippen LogP contribution in [-0.2, 0) is 20.2 Å². The van der Waals surface area contributed by atoms with E-state index in [0.29, 0.717) is 44.4 Å². The van der Waals surface area contributed by atoms with Crippen molar-refractivity contribution in [3.8, 4) is 23.0 Å². The average Bonchev–Trinajstić information content (AvgIpc) is 3.33. The molecule has 0 atom stereocenters. The second-order valence-electron chi connectivity index (χ2n) is 15.4. The maximum atomic E-state index is 13.3. The van der Waals surface area contributed by atoms with Gasteiger partial charge in [0.25, 0.3) is 26.1 Å². The van der Waals surface area contributed by atoms with Gasteiger partial charge in [0.2, 0.25) is 0 Å². The van der Waals surface area contributed by atoms with Gasteiger partial charge in [0.1, 0.15) is 38.4 Å². The molecule has 1 amide bonds. The van der Waals surface area contributed by atoms with E-state index in [2.05, 4.69) is 30.8 Å². The van der Waals surface area contributed by atoms with E-state index in [0.717, 1.165) is 0 Å². The largest absolute Gasteiger partial charge is 2.00 e. The quantitative estimate of drug-likeness (QED) is 0.0292. The fourth-order valence-corrected chi connectivity index (χ4v) is 9.89. The molecule has 368 valence electrons. The van der Waals surface area contributed by atoms with Crippen molar-refractivity contribution in [3.05, 3.63) is 166 Å². The Hall–Kier alpha value is -6.72. The number of carbonyl (C=O) groups is 1. The monoisotopic (exact) mass is 1090 g/mol. The van der Waals surface area contributed by atoms with E-state index < -0.39 is 53.3 Å². The Kier molecular flexibility index (Phi) is 17.8. The maximum absolute atomic E-state index is 13.3. The van der Waals surface area contributed by atoms with Gasteiger partial charge in [0.15, 0.2) is 5.75 Å². The van der Waals surface area contributed by atoms with Crippen LogP contribution in [0.25, 0.3) is 21.5 Å². The number of nitrogens with one attached hydrogen (secondary N) is 1. The number of phenolic OH excluding ortho intramolecular Hbond substituents is 1. The summed E-state index contributed by atoms with van der Waals surface area (Å²) in [6, 6.07) is 35.5. The van der Waals surface area contributed by atoms with Crippen LogP contribution in [0, 0.1) is 13.8 Å². The third kappa shape index (κ3) is 12.7. The molecule has 0 radical (unpaired) electrons. The number of rotatable bonds is 12. The summed E-state index contributed by atoms with van der Waals surface area (Å²) in [6.07, 6.45) is 0. The van der Waals surface area contributed by atoms with E-state index in [4.69, 9.17) is 32.7 Å². The van der Waals surface area contributed by atoms with E-state index in [-0.39, 0.29) is 92.8 Å². The first-order valence-electron chi connectivity index (χ1n) is 20.9. The second-order valence-corrected chi connectivity index (χ2v) is 18.9. The number of fused-ring (bicyclic) bond motifs is 2. The first kappa shape index (κ1) is 55.6. The summed E-state index contributed by atoms with van der Waals surface area (Å²) < 4.78 is 76.3. The Morgan fingerprint density at radius 2 is 1.10 bits per heavy atom. The molecule has 0 aromatic heterocycles. The van der Waals surface area contributed by atoms with Crippen molar-refractivity contribution in [2.75, 3.05) is 19.5 Å². The molecular weight excluding hydrogens is 1050 g/mol. The van der Waals surface area contributed by atoms with Gasteiger partial charge in [-0.15, -0.1) is 15.3 Å². The molecule has 23 heteroatoms. The summed E-state index contributed by atoms with van der Waals surface area (Å²) in [5, 5.41) is 57.5. The summed E-state index contributed by atoms with van der Waals surface area (Å²) in [6.45, 7) is 2.93. The summed E-state index contributed by atoms with van der Waals surface area (Å²) in [5.74, 6) is -1.48. The number of carbonyl (C=O) groups excluding carboxylic acids is 1. The molecule has 18 nitrogen and oxygen atoms in total. The Labute approximate surface area is 457 Å². The van der Waals surface area contributed by atoms with Gasteiger partial charge < -0.3 is 30.1 Å². The van der Waals surface area contributed by atoms with E-state index >= 15 is 0 Å². The number of hydrogen-bond acceptors (Lipinski definition) is 15. The summed E-state index contributed by atoms with van der Waals surface area (Å²) >= 11 is 12.4. The van der Waals surface area contributed by atoms with Crippen LogP contribution in [0.4, 0.5) is 34.1 Å². The summed E-state index contributed by atoms with van der Waals surface area (Å²) in [7, 11) is -6.25. The third-order valence-corrected chi connectivity index (χ3v) is 13.7. The minimum absolute atomic E-state index is 0. The fraction of sp³-hybridized carbons (Fsp3) is 0.0800. The molecular formula is C50H38CaCl2N6O12S2. The molecule has 0 saturated carbocycles. The average molecular weight is 1090 g/mol. The molecule has 73 heavy (non-hydrogen) atoms. The number of methoxy groups -OCH3 is 2. The van der Waals surface area contributed by atoms with Crippen LogP contribution in [0.15, 0.2) is 169 Å². The number of ether oxygens (including phenoxy) is 2. The minimum atomic E-state index is -4.63. The van der Waals surface area contributed by atoms with E-state index in [1.165, 1.54) is 64.5 Å². The second kappa shape index (κ2) is 23.4. The van der Waals surface area contributed by atoms with Crippen molar-refractivity contribution >= 4 is 149 Å². The van der Waals surface area contributed by atoms with E-state index in [1.54, 1.807) is 97.1 Å². The molecule has 0 unspecified atom stereocenters. The molecule has 4 N–H and O–H groups in total. The Balaban J connectivity index is 0.000000235. The van der Waals surface area contributed by atoms with Crippen LogP contribution in [0.1, 0.15) is 27.0 Å². The number of aryl methyl sites for hydroxylation is 2. The standard InChI is InChI=1S/2C25H20ClN3O6S.Ca/c2*1-14-10-11-20(21(26)24(14)36(32,33)34)28-29-22-18-9-4-3-6-15(18)12-19(23(22)30)25(31)27-16-7-5-8-17(13-16)35-2;/h2*3-13,30H,1-2H3,(H,27,31)(H,32,33,34);/q;;+2/p-2. The number of aromatic hydroxyl groups is 1. The van der Waals surface area contributed by atoms with Crippen LogP contribution in [-0.4, -0.2) is 94.8 Å². The van der Waals surface area contributed by atoms with Gasteiger partial charge in [0.05, 0.1) is 41.2 Å². The molecule has 0 spiro atoms. The predicted octanol–water partition coefficient (Wildman–Crippen LogP) is 11.0. The first-order chi connectivity index (χ1) is 34.2. The topological polar surface area (TPSA) is 284 Å². The van der Waals surface area contributed by atoms with Crippen LogP contribution in [0.3, 0.4) is 0 Å². The Morgan fingerprint density at radius 3 is 1.63 bits per heavy atom. The summed E-state index contributed by atoms with van der Waals surface area (Å²) in [4.78, 5) is 16.1. The zero-order valence-corrected chi connectivity index (χ0v) is 44.1. The zero-order valence-electron chi connectivity index (χ0n) is 38.7. The van der Waals surface area contributed by atoms with E-state index in [9.17, 15) is 46.1 Å². The normalized spacial score (nSPS) is 11.9. The molecule has 8 aromatic carbocycles. The number of benzene rings is 8. The smallest absolute Gasteiger partial charge is 0.871 e. The van der Waals surface area contributed by atoms with Gasteiger partial charge in [-0.25, -0.2) is 0 Å². The number of phenols is 1. The van der Waals surface area contributed by atoms with Crippen molar-refractivity contribution in [3.63, 3.8) is 0 Å². The fourth-order valence-electron chi connectivity index (χ4n) is 7.20. The molecule has 0 fully saturated rings. The van der Waals surface area contributed by atoms with Gasteiger partial charge in [-0.1, -0.05) is 102 Å². The van der Waals surface area contributed by atoms with Crippen molar-refractivity contribution < 1.29 is 55.5 Å². The number of aliphatic imine (C=N–C) groups is 1. The predicted molar refractivity (Wildman–Crippen MR) is 275 cm³/mol. The molecule has 0 heterocycles. The Bertz CT molecular complexity index is 3790. The number of anilines is 1. The number of hydrogen-bond donors (Lipinski definition) is 4. The number of nitrogens with zero attached hydrogens (tertiary/aromatic N) is 5. The van der Waals surface area contributed by atoms with Gasteiger partial charge in [-0.05, 0) is 95.7 Å². The molecule has 0 aliphatic heterocycles. The molecule has 0 aliphatic rings. The van der Waals surface area contributed by atoms with Crippen LogP contribution >= 0.6 is 23.2 Å². The Morgan fingerprint density at radius 1 is 0.616 bits per heavy atom. The molecule has 8 rings (SSSR count). The molecule has 0 bridgehead atoms. The number of azo groups is 2. The first-order valence-corrected chi connectivity index (χ1v) is 24.5. The van der Waals surface area contributed by atoms with Crippen LogP contribution in [0.2, 0.25) is 10.0 Å². The van der Waals surface area contributed by atoms with Crippen LogP contribution in [0.5, 0.6) is 23.0 Å². The van der Waals surface area contributed by atoms with Gasteiger partial charge >= 0.3 is 37.7 Å². The molecule has 8 aromatic rings. The molecule has 0 aliphatic carbocycles. The van der Waals surface area contributed by atoms with E-state index in [1.807, 2.05) is 0 Å². The van der Waals surface area contributed by atoms with Crippen LogP contribution < -0.4 is 25.0 Å². The summed E-state index contributed by atoms with van der Waals surface area (Å²) in [5.41, 5.74) is 0.614. The third-order valence-electron chi connectivity index (χ3n) is 10.6. The van der Waals surface area contributed by atoms with Gasteiger partial charge in [-0.2, -0.15) is 21.9 Å². The number of halogens is 2. The van der Waals surface area contributed by atoms with Crippen molar-refractivity contribution in [1.29, 1.82) is 0 Å². The number of amides is 1. The van der Waals surface area contributed by atoms with Gasteiger partial charge in [0, 0.05) is 28.6 Å². The maximum Gasteiger partial charge on any atom is 2.00 e. The van der Waals surface area contributed by atoms with Gasteiger partial charge in [-0.3, -0.25) is 18.9 Å². The minimum Gasteiger partial charge on any atom is -0.871 e. The van der Waals surface area contributed by atoms with Crippen molar-refractivity contribution in [2.45, 2.75) is 23.6 Å². The SMILES string of the molecule is COc1cccc(N=C([O-])c2cc3ccccc3c(N=Nc3ccc(C)c(S(=O)(=O)O)c3Cl)c2[O-])c1.COc1cccc(NC(=O)c2cc3ccccc3c(N=Nc3ccc(C)c(S(=O)(=O)O)c3Cl)c2O)c1.[Ca+2]. The molecule has 0 saturated heterocycles. The zero-order chi connectivity index (χ0) is 52.1. The van der Waals surface area contributed by atoms with Crippen molar-refractivity contribution in [2.24, 2.45) is 25.4 Å². The van der Waals surface area contributed by atoms with Crippen molar-refractivity contribution in [1.82, 2.24) is 0 Å².